The van der Waals surface area contributed by atoms with Crippen molar-refractivity contribution in [3.05, 3.63) is 29.3 Å². The van der Waals surface area contributed by atoms with Gasteiger partial charge in [0.15, 0.2) is 0 Å². The van der Waals surface area contributed by atoms with Gasteiger partial charge in [-0.3, -0.25) is 4.79 Å². The van der Waals surface area contributed by atoms with Gasteiger partial charge in [0.1, 0.15) is 6.29 Å². The second kappa shape index (κ2) is 4.91. The fourth-order valence-electron chi connectivity index (χ4n) is 2.66. The highest BCUT2D eigenvalue weighted by molar-refractivity contribution is 5.77. The molecule has 1 aliphatic rings. The van der Waals surface area contributed by atoms with Crippen molar-refractivity contribution < 1.29 is 4.79 Å². The van der Waals surface area contributed by atoms with Crippen molar-refractivity contribution in [2.45, 2.75) is 27.2 Å². The van der Waals surface area contributed by atoms with E-state index in [2.05, 4.69) is 31.7 Å². The highest BCUT2D eigenvalue weighted by atomic mass is 16.1. The van der Waals surface area contributed by atoms with Gasteiger partial charge in [0.05, 0.1) is 0 Å². The Morgan fingerprint density at radius 2 is 2.18 bits per heavy atom. The minimum atomic E-state index is 0.759. The lowest BCUT2D eigenvalue weighted by Gasteiger charge is -2.22. The Hall–Kier alpha value is -1.31. The van der Waals surface area contributed by atoms with Crippen molar-refractivity contribution in [2.24, 2.45) is 11.8 Å². The van der Waals surface area contributed by atoms with Crippen LogP contribution in [0.5, 0.6) is 0 Å². The largest absolute Gasteiger partial charge is 0.371 e. The lowest BCUT2D eigenvalue weighted by atomic mass is 9.95. The molecule has 0 radical (unpaired) electrons. The summed E-state index contributed by atoms with van der Waals surface area (Å²) in [6, 6.07) is 5.98. The van der Waals surface area contributed by atoms with E-state index >= 15 is 0 Å². The van der Waals surface area contributed by atoms with Crippen LogP contribution in [0.3, 0.4) is 0 Å². The van der Waals surface area contributed by atoms with Gasteiger partial charge in [0.25, 0.3) is 0 Å². The minimum absolute atomic E-state index is 0.759. The monoisotopic (exact) mass is 231 g/mol. The molecule has 1 saturated heterocycles. The number of carbonyl (C=O) groups is 1. The lowest BCUT2D eigenvalue weighted by Crippen LogP contribution is -2.22. The van der Waals surface area contributed by atoms with E-state index in [1.54, 1.807) is 0 Å². The SMILES string of the molecule is Cc1cc(C=O)ccc1N1CCC(C(C)C)C1. The van der Waals surface area contributed by atoms with Crippen LogP contribution in [0.2, 0.25) is 0 Å². The minimum Gasteiger partial charge on any atom is -0.371 e. The molecule has 1 heterocycles. The molecular weight excluding hydrogens is 210 g/mol. The van der Waals surface area contributed by atoms with E-state index in [0.29, 0.717) is 0 Å². The van der Waals surface area contributed by atoms with Gasteiger partial charge in [-0.05, 0) is 48.9 Å². The van der Waals surface area contributed by atoms with E-state index in [1.807, 2.05) is 12.1 Å². The number of aryl methyl sites for hydroxylation is 1. The predicted octanol–water partition coefficient (Wildman–Crippen LogP) is 3.29. The number of carbonyl (C=O) groups excluding carboxylic acids is 1. The fourth-order valence-corrected chi connectivity index (χ4v) is 2.66. The zero-order chi connectivity index (χ0) is 12.4. The number of nitrogens with zero attached hydrogens (tertiary/aromatic N) is 1. The molecule has 2 rings (SSSR count). The Morgan fingerprint density at radius 3 is 2.71 bits per heavy atom. The molecule has 0 amide bonds. The molecule has 0 aromatic heterocycles. The maximum atomic E-state index is 10.7. The summed E-state index contributed by atoms with van der Waals surface area (Å²) in [5, 5.41) is 0. The van der Waals surface area contributed by atoms with Crippen LogP contribution in [0, 0.1) is 18.8 Å². The highest BCUT2D eigenvalue weighted by Gasteiger charge is 2.25. The van der Waals surface area contributed by atoms with Gasteiger partial charge in [0.2, 0.25) is 0 Å². The molecule has 92 valence electrons. The van der Waals surface area contributed by atoms with Crippen LogP contribution in [0.1, 0.15) is 36.2 Å². The van der Waals surface area contributed by atoms with Gasteiger partial charge in [0, 0.05) is 24.3 Å². The van der Waals surface area contributed by atoms with Crippen molar-refractivity contribution >= 4 is 12.0 Å². The van der Waals surface area contributed by atoms with Crippen molar-refractivity contribution in [1.82, 2.24) is 0 Å². The lowest BCUT2D eigenvalue weighted by molar-refractivity contribution is 0.112. The Morgan fingerprint density at radius 1 is 1.41 bits per heavy atom. The number of anilines is 1. The third-order valence-corrected chi connectivity index (χ3v) is 3.87. The standard InChI is InChI=1S/C15H21NO/c1-11(2)14-6-7-16(9-14)15-5-4-13(10-17)8-12(15)3/h4-5,8,10-11,14H,6-7,9H2,1-3H3. The maximum Gasteiger partial charge on any atom is 0.150 e. The van der Waals surface area contributed by atoms with Crippen molar-refractivity contribution in [3.63, 3.8) is 0 Å². The summed E-state index contributed by atoms with van der Waals surface area (Å²) in [5.41, 5.74) is 3.27. The topological polar surface area (TPSA) is 20.3 Å². The second-order valence-corrected chi connectivity index (χ2v) is 5.40. The number of hydrogen-bond donors (Lipinski definition) is 0. The number of benzene rings is 1. The molecule has 17 heavy (non-hydrogen) atoms. The van der Waals surface area contributed by atoms with Crippen LogP contribution in [-0.2, 0) is 0 Å². The summed E-state index contributed by atoms with van der Waals surface area (Å²) < 4.78 is 0. The van der Waals surface area contributed by atoms with Gasteiger partial charge in [-0.15, -0.1) is 0 Å². The third kappa shape index (κ3) is 2.51. The molecule has 2 nitrogen and oxygen atoms in total. The van der Waals surface area contributed by atoms with E-state index in [0.717, 1.165) is 36.8 Å². The molecule has 0 N–H and O–H groups in total. The maximum absolute atomic E-state index is 10.7. The molecule has 0 spiro atoms. The molecular formula is C15H21NO. The van der Waals surface area contributed by atoms with Crippen LogP contribution in [-0.4, -0.2) is 19.4 Å². The van der Waals surface area contributed by atoms with E-state index in [9.17, 15) is 4.79 Å². The smallest absolute Gasteiger partial charge is 0.150 e. The van der Waals surface area contributed by atoms with Gasteiger partial charge in [-0.1, -0.05) is 13.8 Å². The summed E-state index contributed by atoms with van der Waals surface area (Å²) in [7, 11) is 0. The quantitative estimate of drug-likeness (QED) is 0.744. The van der Waals surface area contributed by atoms with Gasteiger partial charge >= 0.3 is 0 Å². The first-order valence-corrected chi connectivity index (χ1v) is 6.42. The molecule has 0 saturated carbocycles. The molecule has 1 fully saturated rings. The van der Waals surface area contributed by atoms with Gasteiger partial charge < -0.3 is 4.90 Å². The highest BCUT2D eigenvalue weighted by Crippen LogP contribution is 2.30. The zero-order valence-electron chi connectivity index (χ0n) is 10.9. The molecule has 1 unspecified atom stereocenters. The molecule has 0 aliphatic carbocycles. The molecule has 1 aliphatic heterocycles. The molecule has 1 atom stereocenters. The summed E-state index contributed by atoms with van der Waals surface area (Å²) in [6.45, 7) is 8.99. The third-order valence-electron chi connectivity index (χ3n) is 3.87. The van der Waals surface area contributed by atoms with Crippen molar-refractivity contribution in [1.29, 1.82) is 0 Å². The summed E-state index contributed by atoms with van der Waals surface area (Å²) in [5.74, 6) is 1.56. The first-order chi connectivity index (χ1) is 8.11. The Balaban J connectivity index is 2.16. The van der Waals surface area contributed by atoms with Crippen LogP contribution in [0.15, 0.2) is 18.2 Å². The summed E-state index contributed by atoms with van der Waals surface area (Å²) >= 11 is 0. The zero-order valence-corrected chi connectivity index (χ0v) is 10.9. The van der Waals surface area contributed by atoms with E-state index in [-0.39, 0.29) is 0 Å². The van der Waals surface area contributed by atoms with Crippen molar-refractivity contribution in [2.75, 3.05) is 18.0 Å². The Labute approximate surface area is 104 Å². The van der Waals surface area contributed by atoms with Gasteiger partial charge in [-0.2, -0.15) is 0 Å². The van der Waals surface area contributed by atoms with Gasteiger partial charge in [-0.25, -0.2) is 0 Å². The second-order valence-electron chi connectivity index (χ2n) is 5.40. The number of aldehydes is 1. The van der Waals surface area contributed by atoms with Crippen LogP contribution in [0.4, 0.5) is 5.69 Å². The summed E-state index contributed by atoms with van der Waals surface area (Å²) in [6.07, 6.45) is 2.20. The van der Waals surface area contributed by atoms with E-state index < -0.39 is 0 Å². The van der Waals surface area contributed by atoms with Crippen LogP contribution in [0.25, 0.3) is 0 Å². The predicted molar refractivity (Wildman–Crippen MR) is 71.7 cm³/mol. The average molecular weight is 231 g/mol. The average Bonchev–Trinajstić information content (AvgIpc) is 2.78. The van der Waals surface area contributed by atoms with Crippen molar-refractivity contribution in [3.8, 4) is 0 Å². The molecule has 2 heteroatoms. The summed E-state index contributed by atoms with van der Waals surface area (Å²) in [4.78, 5) is 13.2. The Kier molecular flexibility index (Phi) is 3.51. The first kappa shape index (κ1) is 12.2. The molecule has 1 aromatic rings. The van der Waals surface area contributed by atoms with Crippen LogP contribution < -0.4 is 4.90 Å². The normalized spacial score (nSPS) is 20.0. The van der Waals surface area contributed by atoms with E-state index in [4.69, 9.17) is 0 Å². The van der Waals surface area contributed by atoms with E-state index in [1.165, 1.54) is 17.7 Å². The van der Waals surface area contributed by atoms with Crippen LogP contribution >= 0.6 is 0 Å². The Bertz CT molecular complexity index is 411. The molecule has 1 aromatic carbocycles. The number of rotatable bonds is 3. The first-order valence-electron chi connectivity index (χ1n) is 6.42. The fraction of sp³-hybridized carbons (Fsp3) is 0.533. The number of hydrogen-bond acceptors (Lipinski definition) is 2. The molecule has 0 bridgehead atoms.